The van der Waals surface area contributed by atoms with Gasteiger partial charge in [0.05, 0.1) is 5.69 Å². The van der Waals surface area contributed by atoms with Crippen molar-refractivity contribution in [3.8, 4) is 5.69 Å². The molecule has 0 atom stereocenters. The van der Waals surface area contributed by atoms with E-state index in [1.54, 1.807) is 36.4 Å². The van der Waals surface area contributed by atoms with E-state index in [9.17, 15) is 19.2 Å². The van der Waals surface area contributed by atoms with Crippen LogP contribution in [0.15, 0.2) is 54.1 Å². The first kappa shape index (κ1) is 22.7. The third kappa shape index (κ3) is 4.01. The minimum absolute atomic E-state index is 0.136. The molecule has 8 heteroatoms. The topological polar surface area (TPSA) is 114 Å². The maximum atomic E-state index is 13.3. The number of imide groups is 2. The van der Waals surface area contributed by atoms with Crippen LogP contribution < -0.4 is 16.0 Å². The molecule has 0 spiro atoms. The number of primary amides is 1. The molecule has 0 bridgehead atoms. The first-order valence-electron chi connectivity index (χ1n) is 10.7. The van der Waals surface area contributed by atoms with E-state index >= 15 is 0 Å². The second-order valence-corrected chi connectivity index (χ2v) is 8.38. The molecule has 172 valence electrons. The van der Waals surface area contributed by atoms with Gasteiger partial charge in [-0.15, -0.1) is 0 Å². The molecule has 1 aliphatic rings. The van der Waals surface area contributed by atoms with E-state index < -0.39 is 23.8 Å². The van der Waals surface area contributed by atoms with Crippen molar-refractivity contribution in [3.05, 3.63) is 87.7 Å². The summed E-state index contributed by atoms with van der Waals surface area (Å²) in [6.45, 7) is 7.50. The van der Waals surface area contributed by atoms with E-state index in [2.05, 4.69) is 5.32 Å². The van der Waals surface area contributed by atoms with Gasteiger partial charge in [0.25, 0.3) is 11.8 Å². The van der Waals surface area contributed by atoms with Gasteiger partial charge in [0, 0.05) is 22.6 Å². The zero-order valence-electron chi connectivity index (χ0n) is 19.3. The van der Waals surface area contributed by atoms with Crippen LogP contribution in [0.25, 0.3) is 11.8 Å². The van der Waals surface area contributed by atoms with Crippen LogP contribution >= 0.6 is 0 Å². The van der Waals surface area contributed by atoms with Crippen molar-refractivity contribution in [2.24, 2.45) is 5.73 Å². The lowest BCUT2D eigenvalue weighted by Gasteiger charge is -2.27. The van der Waals surface area contributed by atoms with Crippen molar-refractivity contribution >= 4 is 35.5 Å². The lowest BCUT2D eigenvalue weighted by atomic mass is 10.1. The Balaban J connectivity index is 1.75. The fourth-order valence-corrected chi connectivity index (χ4v) is 4.23. The second kappa shape index (κ2) is 8.47. The number of hydrogen-bond donors (Lipinski definition) is 2. The molecule has 34 heavy (non-hydrogen) atoms. The van der Waals surface area contributed by atoms with Crippen LogP contribution in [0.4, 0.5) is 10.5 Å². The Bertz CT molecular complexity index is 1380. The molecular formula is C26H24N4O4. The van der Waals surface area contributed by atoms with Gasteiger partial charge in [-0.2, -0.15) is 0 Å². The molecule has 3 aromatic rings. The molecule has 1 aromatic heterocycles. The Labute approximate surface area is 196 Å². The van der Waals surface area contributed by atoms with Gasteiger partial charge in [0.1, 0.15) is 5.57 Å². The summed E-state index contributed by atoms with van der Waals surface area (Å²) in [4.78, 5) is 50.8. The summed E-state index contributed by atoms with van der Waals surface area (Å²) in [6.07, 6.45) is 1.50. The van der Waals surface area contributed by atoms with Crippen molar-refractivity contribution < 1.29 is 19.2 Å². The van der Waals surface area contributed by atoms with E-state index in [1.807, 2.05) is 44.4 Å². The highest BCUT2D eigenvalue weighted by molar-refractivity contribution is 6.39. The van der Waals surface area contributed by atoms with E-state index in [0.29, 0.717) is 16.8 Å². The van der Waals surface area contributed by atoms with Crippen LogP contribution in [-0.4, -0.2) is 28.3 Å². The molecule has 0 unspecified atom stereocenters. The van der Waals surface area contributed by atoms with Gasteiger partial charge in [-0.1, -0.05) is 6.07 Å². The average Bonchev–Trinajstić information content (AvgIpc) is 3.03. The van der Waals surface area contributed by atoms with Crippen LogP contribution in [0.3, 0.4) is 0 Å². The maximum Gasteiger partial charge on any atom is 0.335 e. The van der Waals surface area contributed by atoms with Gasteiger partial charge in [-0.25, -0.2) is 9.69 Å². The zero-order chi connectivity index (χ0) is 24.7. The first-order valence-corrected chi connectivity index (χ1v) is 10.7. The van der Waals surface area contributed by atoms with Crippen LogP contribution in [-0.2, 0) is 9.59 Å². The third-order valence-electron chi connectivity index (χ3n) is 5.75. The Hall–Kier alpha value is -4.46. The highest BCUT2D eigenvalue weighted by Crippen LogP contribution is 2.27. The smallest absolute Gasteiger partial charge is 0.335 e. The van der Waals surface area contributed by atoms with Crippen molar-refractivity contribution in [3.63, 3.8) is 0 Å². The molecule has 2 aromatic carbocycles. The number of urea groups is 1. The number of barbiturate groups is 1. The fourth-order valence-electron chi connectivity index (χ4n) is 4.23. The summed E-state index contributed by atoms with van der Waals surface area (Å²) in [7, 11) is 0. The average molecular weight is 457 g/mol. The number of benzene rings is 2. The molecule has 3 N–H and O–H groups in total. The van der Waals surface area contributed by atoms with Gasteiger partial charge < -0.3 is 10.3 Å². The molecule has 0 saturated carbocycles. The van der Waals surface area contributed by atoms with Crippen molar-refractivity contribution in [2.75, 3.05) is 4.90 Å². The number of nitrogens with zero attached hydrogens (tertiary/aromatic N) is 2. The lowest BCUT2D eigenvalue weighted by Crippen LogP contribution is -2.54. The van der Waals surface area contributed by atoms with Crippen molar-refractivity contribution in [1.29, 1.82) is 0 Å². The number of aryl methyl sites for hydroxylation is 3. The Morgan fingerprint density at radius 3 is 2.09 bits per heavy atom. The van der Waals surface area contributed by atoms with Gasteiger partial charge in [0.2, 0.25) is 5.91 Å². The minimum atomic E-state index is -0.780. The number of nitrogens with two attached hydrogens (primary N) is 1. The number of aromatic nitrogens is 1. The number of hydrogen-bond acceptors (Lipinski definition) is 4. The molecule has 0 aliphatic carbocycles. The highest BCUT2D eigenvalue weighted by atomic mass is 16.2. The second-order valence-electron chi connectivity index (χ2n) is 8.38. The van der Waals surface area contributed by atoms with E-state index in [4.69, 9.17) is 5.73 Å². The van der Waals surface area contributed by atoms with Crippen LogP contribution in [0.1, 0.15) is 38.4 Å². The number of carbonyl (C=O) groups excluding carboxylic acids is 4. The molecule has 0 radical (unpaired) electrons. The molecule has 4 rings (SSSR count). The summed E-state index contributed by atoms with van der Waals surface area (Å²) in [5.41, 5.74) is 10.9. The summed E-state index contributed by atoms with van der Waals surface area (Å²) in [6, 6.07) is 13.3. The van der Waals surface area contributed by atoms with Crippen molar-refractivity contribution in [2.45, 2.75) is 27.7 Å². The lowest BCUT2D eigenvalue weighted by molar-refractivity contribution is -0.122. The molecule has 1 saturated heterocycles. The van der Waals surface area contributed by atoms with E-state index in [0.717, 1.165) is 33.1 Å². The van der Waals surface area contributed by atoms with Gasteiger partial charge in [0.15, 0.2) is 0 Å². The number of amides is 5. The Kier molecular flexibility index (Phi) is 5.66. The zero-order valence-corrected chi connectivity index (χ0v) is 19.3. The third-order valence-corrected chi connectivity index (χ3v) is 5.75. The number of nitrogens with one attached hydrogen (secondary N) is 1. The minimum Gasteiger partial charge on any atom is -0.366 e. The molecule has 1 aliphatic heterocycles. The molecule has 5 amide bonds. The molecule has 1 fully saturated rings. The normalized spacial score (nSPS) is 15.1. The van der Waals surface area contributed by atoms with Crippen molar-refractivity contribution in [1.82, 2.24) is 9.88 Å². The SMILES string of the molecule is Cc1cc(C)cc(N2C(=O)NC(=O)/C(=C\c3cc(C)n(-c4ccc(C(N)=O)cc4)c3C)C2=O)c1. The summed E-state index contributed by atoms with van der Waals surface area (Å²) >= 11 is 0. The van der Waals surface area contributed by atoms with Crippen LogP contribution in [0.5, 0.6) is 0 Å². The Morgan fingerprint density at radius 2 is 1.50 bits per heavy atom. The number of rotatable bonds is 4. The number of anilines is 1. The van der Waals surface area contributed by atoms with E-state index in [-0.39, 0.29) is 5.57 Å². The number of carbonyl (C=O) groups is 4. The van der Waals surface area contributed by atoms with Crippen LogP contribution in [0.2, 0.25) is 0 Å². The van der Waals surface area contributed by atoms with Gasteiger partial charge >= 0.3 is 6.03 Å². The predicted octanol–water partition coefficient (Wildman–Crippen LogP) is 3.48. The molecule has 2 heterocycles. The monoisotopic (exact) mass is 456 g/mol. The maximum absolute atomic E-state index is 13.3. The Morgan fingerprint density at radius 1 is 0.882 bits per heavy atom. The first-order chi connectivity index (χ1) is 16.1. The van der Waals surface area contributed by atoms with Crippen LogP contribution in [0, 0.1) is 27.7 Å². The summed E-state index contributed by atoms with van der Waals surface area (Å²) < 4.78 is 1.94. The largest absolute Gasteiger partial charge is 0.366 e. The fraction of sp³-hybridized carbons (Fsp3) is 0.154. The van der Waals surface area contributed by atoms with Gasteiger partial charge in [-0.3, -0.25) is 19.7 Å². The molecular weight excluding hydrogens is 432 g/mol. The summed E-state index contributed by atoms with van der Waals surface area (Å²) in [5, 5.41) is 2.27. The predicted molar refractivity (Wildman–Crippen MR) is 129 cm³/mol. The summed E-state index contributed by atoms with van der Waals surface area (Å²) in [5.74, 6) is -1.94. The standard InChI is InChI=1S/C26H24N4O4/c1-14-9-15(2)11-21(10-14)30-25(33)22(24(32)28-26(30)34)13-19-12-16(3)29(17(19)4)20-7-5-18(6-8-20)23(27)31/h5-13H,1-4H3,(H2,27,31)(H,28,32,34)/b22-13+. The van der Waals surface area contributed by atoms with E-state index in [1.165, 1.54) is 6.08 Å². The van der Waals surface area contributed by atoms with Gasteiger partial charge in [-0.05, 0) is 92.9 Å². The quantitative estimate of drug-likeness (QED) is 0.462. The molecule has 8 nitrogen and oxygen atoms in total. The highest BCUT2D eigenvalue weighted by Gasteiger charge is 2.37.